The molecule has 0 aliphatic carbocycles. The predicted molar refractivity (Wildman–Crippen MR) is 103 cm³/mol. The van der Waals surface area contributed by atoms with Crippen molar-refractivity contribution in [1.29, 1.82) is 0 Å². The van der Waals surface area contributed by atoms with Gasteiger partial charge >= 0.3 is 5.97 Å². The summed E-state index contributed by atoms with van der Waals surface area (Å²) in [7, 11) is -3.33. The maximum atomic E-state index is 12.5. The van der Waals surface area contributed by atoms with Gasteiger partial charge in [-0.2, -0.15) is 0 Å². The number of carbonyl (C=O) groups excluding carboxylic acids is 1. The molecule has 1 amide bonds. The molecule has 2 aromatic carbocycles. The molecule has 0 radical (unpaired) electrons. The minimum absolute atomic E-state index is 0.337. The molecule has 1 unspecified atom stereocenters. The highest BCUT2D eigenvalue weighted by molar-refractivity contribution is 7.92. The summed E-state index contributed by atoms with van der Waals surface area (Å²) >= 11 is 0. The first-order chi connectivity index (χ1) is 12.7. The maximum Gasteiger partial charge on any atom is 0.310 e. The average Bonchev–Trinajstić information content (AvgIpc) is 3.04. The number of nitrogens with one attached hydrogen (secondary N) is 1. The van der Waals surface area contributed by atoms with Crippen LogP contribution in [0.2, 0.25) is 0 Å². The van der Waals surface area contributed by atoms with E-state index in [1.807, 2.05) is 0 Å². The van der Waals surface area contributed by atoms with E-state index in [0.717, 1.165) is 11.8 Å². The van der Waals surface area contributed by atoms with Gasteiger partial charge in [0.15, 0.2) is 0 Å². The lowest BCUT2D eigenvalue weighted by molar-refractivity contribution is -0.138. The molecule has 142 valence electrons. The van der Waals surface area contributed by atoms with Crippen molar-refractivity contribution in [3.05, 3.63) is 59.2 Å². The lowest BCUT2D eigenvalue weighted by atomic mass is 10.0. The topological polar surface area (TPSA) is 104 Å². The Labute approximate surface area is 157 Å². The van der Waals surface area contributed by atoms with Gasteiger partial charge in [0.1, 0.15) is 0 Å². The Morgan fingerprint density at radius 2 is 1.93 bits per heavy atom. The van der Waals surface area contributed by atoms with Crippen LogP contribution >= 0.6 is 0 Å². The van der Waals surface area contributed by atoms with Crippen molar-refractivity contribution >= 4 is 33.3 Å². The average molecular weight is 388 g/mol. The maximum absolute atomic E-state index is 12.5. The molecule has 1 aliphatic rings. The number of rotatable bonds is 5. The van der Waals surface area contributed by atoms with E-state index in [0.29, 0.717) is 35.5 Å². The van der Waals surface area contributed by atoms with Crippen LogP contribution in [0.4, 0.5) is 11.4 Å². The monoisotopic (exact) mass is 388 g/mol. The smallest absolute Gasteiger partial charge is 0.310 e. The third kappa shape index (κ3) is 3.95. The molecule has 0 saturated heterocycles. The van der Waals surface area contributed by atoms with Crippen LogP contribution in [-0.4, -0.2) is 38.2 Å². The van der Waals surface area contributed by atoms with Crippen molar-refractivity contribution in [3.8, 4) is 0 Å². The first-order valence-corrected chi connectivity index (χ1v) is 10.3. The fraction of sp³-hybridized carbons (Fsp3) is 0.263. The Bertz CT molecular complexity index is 1020. The number of carboxylic acids is 1. The second kappa shape index (κ2) is 7.03. The highest BCUT2D eigenvalue weighted by Crippen LogP contribution is 2.31. The second-order valence-electron chi connectivity index (χ2n) is 6.57. The standard InChI is InChI=1S/C19H20N2O5S/c1-12(19(23)24)13-4-3-5-16(11-13)20-18(22)15-6-7-17-14(10-15)8-9-21(17)27(2,25)26/h3-7,10-12H,8-9H2,1-2H3,(H,20,22)(H,23,24). The lowest BCUT2D eigenvalue weighted by Crippen LogP contribution is -2.27. The van der Waals surface area contributed by atoms with Crippen LogP contribution in [0.5, 0.6) is 0 Å². The van der Waals surface area contributed by atoms with Crippen molar-refractivity contribution in [1.82, 2.24) is 0 Å². The molecule has 8 heteroatoms. The normalized spacial score (nSPS) is 14.5. The van der Waals surface area contributed by atoms with E-state index >= 15 is 0 Å². The zero-order valence-corrected chi connectivity index (χ0v) is 15.8. The number of sulfonamides is 1. The van der Waals surface area contributed by atoms with Gasteiger partial charge in [-0.1, -0.05) is 12.1 Å². The summed E-state index contributed by atoms with van der Waals surface area (Å²) in [6.07, 6.45) is 1.71. The third-order valence-corrected chi connectivity index (χ3v) is 5.79. The van der Waals surface area contributed by atoms with Gasteiger partial charge in [-0.3, -0.25) is 13.9 Å². The Morgan fingerprint density at radius 3 is 2.59 bits per heavy atom. The first-order valence-electron chi connectivity index (χ1n) is 8.41. The zero-order valence-electron chi connectivity index (χ0n) is 15.0. The van der Waals surface area contributed by atoms with Crippen molar-refractivity contribution in [2.45, 2.75) is 19.3 Å². The Balaban J connectivity index is 1.80. The van der Waals surface area contributed by atoms with Gasteiger partial charge < -0.3 is 10.4 Å². The summed E-state index contributed by atoms with van der Waals surface area (Å²) in [5, 5.41) is 11.9. The summed E-state index contributed by atoms with van der Waals surface area (Å²) in [6, 6.07) is 11.6. The van der Waals surface area contributed by atoms with Gasteiger partial charge in [0.25, 0.3) is 5.91 Å². The van der Waals surface area contributed by atoms with Gasteiger partial charge in [-0.25, -0.2) is 8.42 Å². The van der Waals surface area contributed by atoms with Crippen molar-refractivity contribution in [2.75, 3.05) is 22.4 Å². The number of carboxylic acid groups (broad SMARTS) is 1. The number of nitrogens with zero attached hydrogens (tertiary/aromatic N) is 1. The van der Waals surface area contributed by atoms with E-state index in [1.54, 1.807) is 49.4 Å². The number of hydrogen-bond donors (Lipinski definition) is 2. The molecule has 27 heavy (non-hydrogen) atoms. The minimum atomic E-state index is -3.33. The van der Waals surface area contributed by atoms with Crippen LogP contribution in [0, 0.1) is 0 Å². The van der Waals surface area contributed by atoms with Gasteiger partial charge in [0.05, 0.1) is 17.9 Å². The summed E-state index contributed by atoms with van der Waals surface area (Å²) in [6.45, 7) is 1.95. The number of aliphatic carboxylic acids is 1. The molecule has 0 bridgehead atoms. The van der Waals surface area contributed by atoms with Crippen LogP contribution < -0.4 is 9.62 Å². The molecule has 0 spiro atoms. The van der Waals surface area contributed by atoms with E-state index < -0.39 is 21.9 Å². The number of hydrogen-bond acceptors (Lipinski definition) is 4. The van der Waals surface area contributed by atoms with Crippen LogP contribution in [0.3, 0.4) is 0 Å². The second-order valence-corrected chi connectivity index (χ2v) is 8.47. The molecule has 1 aliphatic heterocycles. The first kappa shape index (κ1) is 18.9. The molecule has 3 rings (SSSR count). The number of amides is 1. The summed E-state index contributed by atoms with van der Waals surface area (Å²) in [4.78, 5) is 23.7. The van der Waals surface area contributed by atoms with Crippen LogP contribution in [0.1, 0.15) is 34.3 Å². The van der Waals surface area contributed by atoms with Gasteiger partial charge in [-0.15, -0.1) is 0 Å². The molecular formula is C19H20N2O5S. The molecule has 0 fully saturated rings. The van der Waals surface area contributed by atoms with Crippen molar-refractivity contribution < 1.29 is 23.1 Å². The fourth-order valence-corrected chi connectivity index (χ4v) is 4.05. The largest absolute Gasteiger partial charge is 0.481 e. The van der Waals surface area contributed by atoms with Crippen molar-refractivity contribution in [2.24, 2.45) is 0 Å². The van der Waals surface area contributed by atoms with Crippen LogP contribution in [0.15, 0.2) is 42.5 Å². The lowest BCUT2D eigenvalue weighted by Gasteiger charge is -2.16. The molecule has 0 saturated carbocycles. The van der Waals surface area contributed by atoms with Gasteiger partial charge in [0.2, 0.25) is 10.0 Å². The van der Waals surface area contributed by atoms with E-state index in [2.05, 4.69) is 5.32 Å². The Kier molecular flexibility index (Phi) is 4.93. The quantitative estimate of drug-likeness (QED) is 0.819. The van der Waals surface area contributed by atoms with E-state index in [1.165, 1.54) is 4.31 Å². The molecule has 1 atom stereocenters. The number of anilines is 2. The third-order valence-electron chi connectivity index (χ3n) is 4.61. The van der Waals surface area contributed by atoms with E-state index in [-0.39, 0.29) is 5.91 Å². The summed E-state index contributed by atoms with van der Waals surface area (Å²) in [5.41, 5.74) is 2.93. The predicted octanol–water partition coefficient (Wildman–Crippen LogP) is 2.45. The van der Waals surface area contributed by atoms with Crippen LogP contribution in [-0.2, 0) is 21.2 Å². The SMILES string of the molecule is CC(C(=O)O)c1cccc(NC(=O)c2ccc3c(c2)CCN3S(C)(=O)=O)c1. The molecule has 1 heterocycles. The van der Waals surface area contributed by atoms with Gasteiger partial charge in [-0.05, 0) is 54.8 Å². The highest BCUT2D eigenvalue weighted by Gasteiger charge is 2.26. The minimum Gasteiger partial charge on any atom is -0.481 e. The molecule has 7 nitrogen and oxygen atoms in total. The molecular weight excluding hydrogens is 368 g/mol. The zero-order chi connectivity index (χ0) is 19.8. The van der Waals surface area contributed by atoms with E-state index in [9.17, 15) is 18.0 Å². The fourth-order valence-electron chi connectivity index (χ4n) is 3.09. The summed E-state index contributed by atoms with van der Waals surface area (Å²) < 4.78 is 24.9. The molecule has 0 aromatic heterocycles. The molecule has 2 aromatic rings. The number of fused-ring (bicyclic) bond motifs is 1. The Hall–Kier alpha value is -2.87. The number of benzene rings is 2. The van der Waals surface area contributed by atoms with E-state index in [4.69, 9.17) is 5.11 Å². The Morgan fingerprint density at radius 1 is 1.19 bits per heavy atom. The number of carbonyl (C=O) groups is 2. The van der Waals surface area contributed by atoms with Crippen molar-refractivity contribution in [3.63, 3.8) is 0 Å². The highest BCUT2D eigenvalue weighted by atomic mass is 32.2. The summed E-state index contributed by atoms with van der Waals surface area (Å²) in [5.74, 6) is -1.95. The molecule has 2 N–H and O–H groups in total. The van der Waals surface area contributed by atoms with Gasteiger partial charge in [0, 0.05) is 17.8 Å². The van der Waals surface area contributed by atoms with Crippen LogP contribution in [0.25, 0.3) is 0 Å².